The van der Waals surface area contributed by atoms with Gasteiger partial charge in [0.2, 0.25) is 0 Å². The largest absolute Gasteiger partial charge is 0.396 e. The Labute approximate surface area is 93.0 Å². The van der Waals surface area contributed by atoms with Crippen molar-refractivity contribution in [1.29, 1.82) is 0 Å². The Bertz CT molecular complexity index is 182. The quantitative estimate of drug-likeness (QED) is 0.686. The molecule has 0 aromatic heterocycles. The van der Waals surface area contributed by atoms with Crippen LogP contribution in [0.25, 0.3) is 0 Å². The first-order valence-electron chi connectivity index (χ1n) is 5.99. The number of nitrogens with two attached hydrogens (primary N) is 1. The Morgan fingerprint density at radius 1 is 1.20 bits per heavy atom. The maximum absolute atomic E-state index is 8.72. The monoisotopic (exact) mass is 215 g/mol. The molecule has 0 heterocycles. The summed E-state index contributed by atoms with van der Waals surface area (Å²) in [7, 11) is 0. The van der Waals surface area contributed by atoms with E-state index in [1.165, 1.54) is 12.8 Å². The van der Waals surface area contributed by atoms with Crippen LogP contribution in [0, 0.1) is 5.41 Å². The van der Waals surface area contributed by atoms with Gasteiger partial charge in [-0.2, -0.15) is 0 Å². The summed E-state index contributed by atoms with van der Waals surface area (Å²) in [5, 5.41) is 8.72. The minimum atomic E-state index is -0.106. The SMILES string of the molecule is CC1(C)CCC(CN)(OCCCO)CC1. The van der Waals surface area contributed by atoms with Gasteiger partial charge in [-0.3, -0.25) is 0 Å². The van der Waals surface area contributed by atoms with Gasteiger partial charge in [-0.25, -0.2) is 0 Å². The van der Waals surface area contributed by atoms with Crippen LogP contribution in [0.3, 0.4) is 0 Å². The molecule has 0 atom stereocenters. The molecule has 0 aliphatic heterocycles. The predicted molar refractivity (Wildman–Crippen MR) is 61.7 cm³/mol. The first kappa shape index (κ1) is 12.9. The maximum atomic E-state index is 8.72. The highest BCUT2D eigenvalue weighted by atomic mass is 16.5. The fraction of sp³-hybridized carbons (Fsp3) is 1.00. The minimum absolute atomic E-state index is 0.106. The summed E-state index contributed by atoms with van der Waals surface area (Å²) in [4.78, 5) is 0. The van der Waals surface area contributed by atoms with Crippen LogP contribution in [0.5, 0.6) is 0 Å². The molecule has 0 spiro atoms. The normalized spacial score (nSPS) is 24.0. The molecule has 90 valence electrons. The number of hydrogen-bond donors (Lipinski definition) is 2. The number of aliphatic hydroxyl groups excluding tert-OH is 1. The molecular weight excluding hydrogens is 190 g/mol. The van der Waals surface area contributed by atoms with E-state index in [1.807, 2.05) is 0 Å². The summed E-state index contributed by atoms with van der Waals surface area (Å²) in [6.07, 6.45) is 5.20. The zero-order valence-electron chi connectivity index (χ0n) is 10.1. The first-order chi connectivity index (χ1) is 7.04. The Morgan fingerprint density at radius 2 is 1.80 bits per heavy atom. The van der Waals surface area contributed by atoms with Crippen molar-refractivity contribution < 1.29 is 9.84 Å². The lowest BCUT2D eigenvalue weighted by molar-refractivity contribution is -0.0839. The lowest BCUT2D eigenvalue weighted by Crippen LogP contribution is -2.45. The molecule has 3 N–H and O–H groups in total. The molecule has 0 aromatic rings. The van der Waals surface area contributed by atoms with Crippen LogP contribution in [0.15, 0.2) is 0 Å². The Hall–Kier alpha value is -0.120. The van der Waals surface area contributed by atoms with E-state index in [1.54, 1.807) is 0 Å². The van der Waals surface area contributed by atoms with E-state index >= 15 is 0 Å². The van der Waals surface area contributed by atoms with Gasteiger partial charge >= 0.3 is 0 Å². The summed E-state index contributed by atoms with van der Waals surface area (Å²) < 4.78 is 5.87. The molecule has 3 heteroatoms. The van der Waals surface area contributed by atoms with Crippen LogP contribution >= 0.6 is 0 Å². The van der Waals surface area contributed by atoms with Gasteiger partial charge < -0.3 is 15.6 Å². The van der Waals surface area contributed by atoms with E-state index in [0.717, 1.165) is 12.8 Å². The molecule has 1 saturated carbocycles. The third kappa shape index (κ3) is 3.74. The van der Waals surface area contributed by atoms with Crippen molar-refractivity contribution in [3.05, 3.63) is 0 Å². The summed E-state index contributed by atoms with van der Waals surface area (Å²) in [6, 6.07) is 0. The van der Waals surface area contributed by atoms with Gasteiger partial charge in [-0.15, -0.1) is 0 Å². The second-order valence-corrected chi connectivity index (χ2v) is 5.48. The highest BCUT2D eigenvalue weighted by Crippen LogP contribution is 2.41. The van der Waals surface area contributed by atoms with Gasteiger partial charge in [-0.1, -0.05) is 13.8 Å². The molecule has 1 aliphatic rings. The molecule has 0 saturated heterocycles. The Balaban J connectivity index is 2.41. The van der Waals surface area contributed by atoms with E-state index < -0.39 is 0 Å². The van der Waals surface area contributed by atoms with Crippen LogP contribution < -0.4 is 5.73 Å². The summed E-state index contributed by atoms with van der Waals surface area (Å²) in [5.74, 6) is 0. The summed E-state index contributed by atoms with van der Waals surface area (Å²) >= 11 is 0. The summed E-state index contributed by atoms with van der Waals surface area (Å²) in [5.41, 5.74) is 6.16. The number of aliphatic hydroxyl groups is 1. The topological polar surface area (TPSA) is 55.5 Å². The lowest BCUT2D eigenvalue weighted by atomic mass is 9.71. The van der Waals surface area contributed by atoms with Gasteiger partial charge in [0.15, 0.2) is 0 Å². The Kier molecular flexibility index (Phi) is 4.56. The van der Waals surface area contributed by atoms with Crippen molar-refractivity contribution in [3.63, 3.8) is 0 Å². The molecule has 1 fully saturated rings. The first-order valence-corrected chi connectivity index (χ1v) is 5.99. The van der Waals surface area contributed by atoms with Gasteiger partial charge in [0, 0.05) is 19.8 Å². The molecule has 0 bridgehead atoms. The van der Waals surface area contributed by atoms with E-state index in [4.69, 9.17) is 15.6 Å². The van der Waals surface area contributed by atoms with Crippen LogP contribution in [0.1, 0.15) is 46.0 Å². The lowest BCUT2D eigenvalue weighted by Gasteiger charge is -2.42. The van der Waals surface area contributed by atoms with Crippen molar-refractivity contribution >= 4 is 0 Å². The van der Waals surface area contributed by atoms with Crippen molar-refractivity contribution in [2.75, 3.05) is 19.8 Å². The van der Waals surface area contributed by atoms with E-state index in [9.17, 15) is 0 Å². The Morgan fingerprint density at radius 3 is 2.27 bits per heavy atom. The minimum Gasteiger partial charge on any atom is -0.396 e. The third-order valence-electron chi connectivity index (χ3n) is 3.60. The highest BCUT2D eigenvalue weighted by Gasteiger charge is 2.37. The molecule has 3 nitrogen and oxygen atoms in total. The van der Waals surface area contributed by atoms with Gasteiger partial charge in [0.25, 0.3) is 0 Å². The number of rotatable bonds is 5. The fourth-order valence-corrected chi connectivity index (χ4v) is 2.14. The second kappa shape index (κ2) is 5.28. The highest BCUT2D eigenvalue weighted by molar-refractivity contribution is 4.91. The van der Waals surface area contributed by atoms with Crippen molar-refractivity contribution in [1.82, 2.24) is 0 Å². The predicted octanol–water partition coefficient (Wildman–Crippen LogP) is 1.68. The second-order valence-electron chi connectivity index (χ2n) is 5.48. The van der Waals surface area contributed by atoms with Gasteiger partial charge in [-0.05, 0) is 37.5 Å². The average molecular weight is 215 g/mol. The zero-order valence-corrected chi connectivity index (χ0v) is 10.1. The molecule has 0 aromatic carbocycles. The van der Waals surface area contributed by atoms with Crippen molar-refractivity contribution in [2.45, 2.75) is 51.6 Å². The van der Waals surface area contributed by atoms with Crippen LogP contribution in [0.4, 0.5) is 0 Å². The molecule has 1 rings (SSSR count). The van der Waals surface area contributed by atoms with Gasteiger partial charge in [0.05, 0.1) is 5.60 Å². The van der Waals surface area contributed by atoms with Crippen molar-refractivity contribution in [2.24, 2.45) is 11.1 Å². The fourth-order valence-electron chi connectivity index (χ4n) is 2.14. The smallest absolute Gasteiger partial charge is 0.0804 e. The van der Waals surface area contributed by atoms with Crippen molar-refractivity contribution in [3.8, 4) is 0 Å². The maximum Gasteiger partial charge on any atom is 0.0804 e. The summed E-state index contributed by atoms with van der Waals surface area (Å²) in [6.45, 7) is 6.05. The van der Waals surface area contributed by atoms with Crippen LogP contribution in [-0.4, -0.2) is 30.5 Å². The molecule has 15 heavy (non-hydrogen) atoms. The number of ether oxygens (including phenoxy) is 1. The van der Waals surface area contributed by atoms with Crippen LogP contribution in [0.2, 0.25) is 0 Å². The third-order valence-corrected chi connectivity index (χ3v) is 3.60. The van der Waals surface area contributed by atoms with E-state index in [0.29, 0.717) is 25.0 Å². The molecular formula is C12H25NO2. The van der Waals surface area contributed by atoms with Gasteiger partial charge in [0.1, 0.15) is 0 Å². The van der Waals surface area contributed by atoms with E-state index in [2.05, 4.69) is 13.8 Å². The van der Waals surface area contributed by atoms with Crippen LogP contribution in [-0.2, 0) is 4.74 Å². The molecule has 0 radical (unpaired) electrons. The molecule has 0 unspecified atom stereocenters. The standard InChI is InChI=1S/C12H25NO2/c1-11(2)4-6-12(10-13,7-5-11)15-9-3-8-14/h14H,3-10,13H2,1-2H3. The zero-order chi connectivity index (χ0) is 11.4. The molecule has 0 amide bonds. The number of hydrogen-bond acceptors (Lipinski definition) is 3. The van der Waals surface area contributed by atoms with E-state index in [-0.39, 0.29) is 12.2 Å². The molecule has 1 aliphatic carbocycles. The average Bonchev–Trinajstić information content (AvgIpc) is 2.22.